The molecule has 2 N–H and O–H groups in total. The van der Waals surface area contributed by atoms with E-state index >= 15 is 0 Å². The number of amides is 1. The number of hydrogen-bond acceptors (Lipinski definition) is 4. The molecule has 6 heteroatoms. The zero-order valence-corrected chi connectivity index (χ0v) is 16.0. The van der Waals surface area contributed by atoms with E-state index in [-0.39, 0.29) is 12.5 Å². The lowest BCUT2D eigenvalue weighted by atomic mass is 10.2. The van der Waals surface area contributed by atoms with E-state index in [1.165, 1.54) is 0 Å². The Labute approximate surface area is 159 Å². The Morgan fingerprint density at radius 2 is 1.85 bits per heavy atom. The molecule has 27 heavy (non-hydrogen) atoms. The van der Waals surface area contributed by atoms with Crippen molar-refractivity contribution in [3.8, 4) is 11.4 Å². The van der Waals surface area contributed by atoms with Crippen molar-refractivity contribution in [1.29, 1.82) is 0 Å². The van der Waals surface area contributed by atoms with Crippen molar-refractivity contribution >= 4 is 17.3 Å². The molecule has 0 aliphatic carbocycles. The average Bonchev–Trinajstić information content (AvgIpc) is 2.95. The number of hydrogen-bond donors (Lipinski definition) is 2. The molecule has 140 valence electrons. The number of nitrogens with one attached hydrogen (secondary N) is 2. The van der Waals surface area contributed by atoms with Gasteiger partial charge in [0.25, 0.3) is 0 Å². The van der Waals surface area contributed by atoms with Crippen molar-refractivity contribution < 1.29 is 9.53 Å². The molecule has 0 saturated carbocycles. The molecule has 1 heterocycles. The standard InChI is InChI=1S/C21H24N4O2/c1-14-10-11-19(27-4)18(12-14)22-13-20(26)23-21-15(2)24-25(16(21)3)17-8-6-5-7-9-17/h5-12,22H,13H2,1-4H3,(H,23,26). The summed E-state index contributed by atoms with van der Waals surface area (Å²) in [6.45, 7) is 5.96. The van der Waals surface area contributed by atoms with Gasteiger partial charge in [-0.05, 0) is 50.6 Å². The SMILES string of the molecule is COc1ccc(C)cc1NCC(=O)Nc1c(C)nn(-c2ccccc2)c1C. The van der Waals surface area contributed by atoms with Gasteiger partial charge in [-0.3, -0.25) is 4.79 Å². The maximum Gasteiger partial charge on any atom is 0.243 e. The number of methoxy groups -OCH3 is 1. The van der Waals surface area contributed by atoms with Gasteiger partial charge in [-0.25, -0.2) is 4.68 Å². The summed E-state index contributed by atoms with van der Waals surface area (Å²) in [7, 11) is 1.61. The van der Waals surface area contributed by atoms with Crippen LogP contribution in [-0.4, -0.2) is 29.3 Å². The van der Waals surface area contributed by atoms with E-state index in [0.29, 0.717) is 5.75 Å². The number of nitrogens with zero attached hydrogens (tertiary/aromatic N) is 2. The van der Waals surface area contributed by atoms with Crippen LogP contribution in [0.4, 0.5) is 11.4 Å². The number of carbonyl (C=O) groups excluding carboxylic acids is 1. The highest BCUT2D eigenvalue weighted by molar-refractivity contribution is 5.95. The second-order valence-electron chi connectivity index (χ2n) is 6.40. The number of aromatic nitrogens is 2. The number of para-hydroxylation sites is 1. The van der Waals surface area contributed by atoms with Crippen LogP contribution in [0.3, 0.4) is 0 Å². The quantitative estimate of drug-likeness (QED) is 0.697. The minimum atomic E-state index is -0.141. The number of rotatable bonds is 6. The molecule has 2 aromatic carbocycles. The molecule has 0 unspecified atom stereocenters. The van der Waals surface area contributed by atoms with E-state index < -0.39 is 0 Å². The van der Waals surface area contributed by atoms with E-state index in [9.17, 15) is 4.79 Å². The third-order valence-electron chi connectivity index (χ3n) is 4.35. The average molecular weight is 364 g/mol. The molecule has 0 atom stereocenters. The zero-order chi connectivity index (χ0) is 19.4. The molecule has 0 bridgehead atoms. The van der Waals surface area contributed by atoms with Crippen molar-refractivity contribution in [1.82, 2.24) is 9.78 Å². The summed E-state index contributed by atoms with van der Waals surface area (Å²) >= 11 is 0. The van der Waals surface area contributed by atoms with E-state index in [2.05, 4.69) is 15.7 Å². The Balaban J connectivity index is 1.72. The smallest absolute Gasteiger partial charge is 0.243 e. The number of carbonyl (C=O) groups is 1. The first-order valence-corrected chi connectivity index (χ1v) is 8.79. The molecule has 0 saturated heterocycles. The Morgan fingerprint density at radius 3 is 2.56 bits per heavy atom. The van der Waals surface area contributed by atoms with Gasteiger partial charge in [0, 0.05) is 0 Å². The van der Waals surface area contributed by atoms with Crippen LogP contribution in [0.1, 0.15) is 17.0 Å². The fraction of sp³-hybridized carbons (Fsp3) is 0.238. The van der Waals surface area contributed by atoms with Gasteiger partial charge in [-0.2, -0.15) is 5.10 Å². The third-order valence-corrected chi connectivity index (χ3v) is 4.35. The highest BCUT2D eigenvalue weighted by Gasteiger charge is 2.15. The first-order valence-electron chi connectivity index (χ1n) is 8.79. The van der Waals surface area contributed by atoms with Crippen LogP contribution in [0.15, 0.2) is 48.5 Å². The summed E-state index contributed by atoms with van der Waals surface area (Å²) in [6, 6.07) is 15.7. The van der Waals surface area contributed by atoms with Crippen LogP contribution in [0.25, 0.3) is 5.69 Å². The Hall–Kier alpha value is -3.28. The molecule has 0 aliphatic heterocycles. The third kappa shape index (κ3) is 4.11. The molecule has 1 amide bonds. The fourth-order valence-electron chi connectivity index (χ4n) is 2.96. The van der Waals surface area contributed by atoms with Crippen molar-refractivity contribution in [3.05, 3.63) is 65.5 Å². The summed E-state index contributed by atoms with van der Waals surface area (Å²) in [5.74, 6) is 0.565. The van der Waals surface area contributed by atoms with Gasteiger partial charge in [0.05, 0.1) is 42.1 Å². The maximum atomic E-state index is 12.5. The Morgan fingerprint density at radius 1 is 1.11 bits per heavy atom. The highest BCUT2D eigenvalue weighted by Crippen LogP contribution is 2.25. The summed E-state index contributed by atoms with van der Waals surface area (Å²) in [5.41, 5.74) is 5.25. The Bertz CT molecular complexity index is 948. The van der Waals surface area contributed by atoms with Crippen molar-refractivity contribution in [2.24, 2.45) is 0 Å². The van der Waals surface area contributed by atoms with Gasteiger partial charge in [0.2, 0.25) is 5.91 Å². The van der Waals surface area contributed by atoms with Crippen molar-refractivity contribution in [3.63, 3.8) is 0 Å². The summed E-state index contributed by atoms with van der Waals surface area (Å²) in [5, 5.41) is 10.7. The number of anilines is 2. The molecule has 0 spiro atoms. The Kier molecular flexibility index (Phi) is 5.45. The summed E-state index contributed by atoms with van der Waals surface area (Å²) < 4.78 is 7.17. The van der Waals surface area contributed by atoms with Gasteiger partial charge in [-0.1, -0.05) is 24.3 Å². The zero-order valence-electron chi connectivity index (χ0n) is 16.0. The molecule has 6 nitrogen and oxygen atoms in total. The first kappa shape index (κ1) is 18.5. The molecule has 3 aromatic rings. The van der Waals surface area contributed by atoms with Crippen LogP contribution in [-0.2, 0) is 4.79 Å². The van der Waals surface area contributed by atoms with Gasteiger partial charge in [0.1, 0.15) is 5.75 Å². The van der Waals surface area contributed by atoms with Crippen molar-refractivity contribution in [2.45, 2.75) is 20.8 Å². The lowest BCUT2D eigenvalue weighted by Gasteiger charge is -2.12. The highest BCUT2D eigenvalue weighted by atomic mass is 16.5. The van der Waals surface area contributed by atoms with E-state index in [1.54, 1.807) is 7.11 Å². The van der Waals surface area contributed by atoms with Gasteiger partial charge in [-0.15, -0.1) is 0 Å². The summed E-state index contributed by atoms with van der Waals surface area (Å²) in [4.78, 5) is 12.5. The van der Waals surface area contributed by atoms with Gasteiger partial charge >= 0.3 is 0 Å². The predicted octanol–water partition coefficient (Wildman–Crippen LogP) is 3.86. The molecule has 3 rings (SSSR count). The van der Waals surface area contributed by atoms with E-state index in [0.717, 1.165) is 34.0 Å². The van der Waals surface area contributed by atoms with E-state index in [4.69, 9.17) is 4.74 Å². The largest absolute Gasteiger partial charge is 0.495 e. The molecular formula is C21H24N4O2. The maximum absolute atomic E-state index is 12.5. The molecule has 0 fully saturated rings. The molecule has 1 aromatic heterocycles. The topological polar surface area (TPSA) is 68.2 Å². The molecular weight excluding hydrogens is 340 g/mol. The predicted molar refractivity (Wildman–Crippen MR) is 108 cm³/mol. The van der Waals surface area contributed by atoms with Crippen LogP contribution >= 0.6 is 0 Å². The van der Waals surface area contributed by atoms with Gasteiger partial charge < -0.3 is 15.4 Å². The number of aryl methyl sites for hydroxylation is 2. The lowest BCUT2D eigenvalue weighted by molar-refractivity contribution is -0.114. The van der Waals surface area contributed by atoms with E-state index in [1.807, 2.05) is 74.0 Å². The van der Waals surface area contributed by atoms with Crippen LogP contribution in [0.5, 0.6) is 5.75 Å². The number of ether oxygens (including phenoxy) is 1. The normalized spacial score (nSPS) is 10.5. The monoisotopic (exact) mass is 364 g/mol. The minimum absolute atomic E-state index is 0.134. The van der Waals surface area contributed by atoms with Gasteiger partial charge in [0.15, 0.2) is 0 Å². The molecule has 0 radical (unpaired) electrons. The fourth-order valence-corrected chi connectivity index (χ4v) is 2.96. The number of benzene rings is 2. The van der Waals surface area contributed by atoms with Crippen LogP contribution in [0, 0.1) is 20.8 Å². The summed E-state index contributed by atoms with van der Waals surface area (Å²) in [6.07, 6.45) is 0. The van der Waals surface area contributed by atoms with Crippen LogP contribution in [0.2, 0.25) is 0 Å². The second-order valence-corrected chi connectivity index (χ2v) is 6.40. The minimum Gasteiger partial charge on any atom is -0.495 e. The van der Waals surface area contributed by atoms with Crippen LogP contribution < -0.4 is 15.4 Å². The lowest BCUT2D eigenvalue weighted by Crippen LogP contribution is -2.22. The van der Waals surface area contributed by atoms with Crippen molar-refractivity contribution in [2.75, 3.05) is 24.3 Å². The molecule has 0 aliphatic rings. The first-order chi connectivity index (χ1) is 13.0. The second kappa shape index (κ2) is 7.95.